The van der Waals surface area contributed by atoms with E-state index >= 15 is 0 Å². The first-order chi connectivity index (χ1) is 10.7. The summed E-state index contributed by atoms with van der Waals surface area (Å²) in [6.45, 7) is 1.83. The lowest BCUT2D eigenvalue weighted by atomic mass is 9.94. The number of alkyl halides is 3. The van der Waals surface area contributed by atoms with E-state index in [-0.39, 0.29) is 0 Å². The van der Waals surface area contributed by atoms with Crippen molar-refractivity contribution in [3.8, 4) is 5.75 Å². The van der Waals surface area contributed by atoms with Gasteiger partial charge in [0.25, 0.3) is 5.91 Å². The Kier molecular flexibility index (Phi) is 4.77. The number of halogens is 4. The smallest absolute Gasteiger partial charge is 0.395 e. The first-order valence-electron chi connectivity index (χ1n) is 6.82. The number of carbonyl (C=O) groups is 1. The van der Waals surface area contributed by atoms with Crippen LogP contribution < -0.4 is 10.1 Å². The Labute approximate surface area is 130 Å². The first kappa shape index (κ1) is 17.1. The molecule has 7 heteroatoms. The molecule has 0 radical (unpaired) electrons. The van der Waals surface area contributed by atoms with Gasteiger partial charge in [0.1, 0.15) is 11.6 Å². The minimum atomic E-state index is -4.53. The molecule has 0 aromatic heterocycles. The third-order valence-electron chi connectivity index (χ3n) is 3.46. The van der Waals surface area contributed by atoms with E-state index in [1.54, 1.807) is 18.2 Å². The third kappa shape index (κ3) is 3.91. The van der Waals surface area contributed by atoms with Crippen LogP contribution in [0.25, 0.3) is 0 Å². The lowest BCUT2D eigenvalue weighted by Crippen LogP contribution is -2.25. The maximum Gasteiger partial charge on any atom is 0.395 e. The number of nitrogens with one attached hydrogen (secondary N) is 1. The second-order valence-electron chi connectivity index (χ2n) is 5.19. The van der Waals surface area contributed by atoms with Crippen LogP contribution in [-0.4, -0.2) is 19.2 Å². The van der Waals surface area contributed by atoms with E-state index in [0.29, 0.717) is 11.4 Å². The molecule has 3 nitrogen and oxygen atoms in total. The number of rotatable bonds is 3. The molecule has 0 fully saturated rings. The number of allylic oxidation sites excluding steroid dienone is 2. The average Bonchev–Trinajstić information content (AvgIpc) is 2.47. The van der Waals surface area contributed by atoms with Crippen molar-refractivity contribution < 1.29 is 27.1 Å². The second-order valence-corrected chi connectivity index (χ2v) is 5.19. The number of amides is 1. The minimum Gasteiger partial charge on any atom is -0.495 e. The monoisotopic (exact) mass is 329 g/mol. The molecule has 1 aromatic rings. The topological polar surface area (TPSA) is 38.3 Å². The van der Waals surface area contributed by atoms with Crippen LogP contribution in [0.5, 0.6) is 5.75 Å². The summed E-state index contributed by atoms with van der Waals surface area (Å²) in [6, 6.07) is 4.98. The fraction of sp³-hybridized carbons (Fsp3) is 0.312. The van der Waals surface area contributed by atoms with Crippen LogP contribution in [0.15, 0.2) is 41.8 Å². The van der Waals surface area contributed by atoms with Gasteiger partial charge in [-0.3, -0.25) is 4.79 Å². The predicted octanol–water partition coefficient (Wildman–Crippen LogP) is 4.30. The molecule has 1 N–H and O–H groups in total. The van der Waals surface area contributed by atoms with Crippen molar-refractivity contribution in [3.05, 3.63) is 47.3 Å². The highest BCUT2D eigenvalue weighted by Crippen LogP contribution is 2.37. The summed E-state index contributed by atoms with van der Waals surface area (Å²) in [5.74, 6) is -3.43. The molecule has 1 aromatic carbocycles. The van der Waals surface area contributed by atoms with Gasteiger partial charge in [0.05, 0.1) is 24.3 Å². The third-order valence-corrected chi connectivity index (χ3v) is 3.46. The molecule has 23 heavy (non-hydrogen) atoms. The van der Waals surface area contributed by atoms with Gasteiger partial charge in [-0.15, -0.1) is 0 Å². The summed E-state index contributed by atoms with van der Waals surface area (Å²) >= 11 is 0. The largest absolute Gasteiger partial charge is 0.495 e. The van der Waals surface area contributed by atoms with Crippen LogP contribution in [0.2, 0.25) is 0 Å². The summed E-state index contributed by atoms with van der Waals surface area (Å²) in [5.41, 5.74) is 0.804. The van der Waals surface area contributed by atoms with Crippen molar-refractivity contribution in [2.45, 2.75) is 19.5 Å². The molecule has 0 aliphatic heterocycles. The van der Waals surface area contributed by atoms with Crippen molar-refractivity contribution in [1.82, 2.24) is 0 Å². The standard InChI is InChI=1S/C16H15F4NO2/c1-9-3-6-13(14(7-9)23-2)21-15(22)11-5-4-10(8-12(11)17)16(18,19)20/h3-7,10H,8H2,1-2H3,(H,21,22). The molecule has 1 aliphatic rings. The highest BCUT2D eigenvalue weighted by Gasteiger charge is 2.40. The molecular weight excluding hydrogens is 314 g/mol. The molecule has 0 heterocycles. The van der Waals surface area contributed by atoms with Crippen molar-refractivity contribution in [1.29, 1.82) is 0 Å². The molecule has 0 bridgehead atoms. The number of carbonyl (C=O) groups excluding carboxylic acids is 1. The Bertz CT molecular complexity index is 677. The van der Waals surface area contributed by atoms with Gasteiger partial charge in [-0.05, 0) is 24.6 Å². The van der Waals surface area contributed by atoms with E-state index in [9.17, 15) is 22.4 Å². The Morgan fingerprint density at radius 2 is 2.04 bits per heavy atom. The van der Waals surface area contributed by atoms with Crippen LogP contribution in [0, 0.1) is 12.8 Å². The summed E-state index contributed by atoms with van der Waals surface area (Å²) in [6.07, 6.45) is -3.73. The van der Waals surface area contributed by atoms with Crippen molar-refractivity contribution in [2.24, 2.45) is 5.92 Å². The average molecular weight is 329 g/mol. The van der Waals surface area contributed by atoms with Crippen molar-refractivity contribution in [3.63, 3.8) is 0 Å². The van der Waals surface area contributed by atoms with Crippen LogP contribution >= 0.6 is 0 Å². The zero-order valence-electron chi connectivity index (χ0n) is 12.5. The summed E-state index contributed by atoms with van der Waals surface area (Å²) < 4.78 is 56.7. The van der Waals surface area contributed by atoms with Gasteiger partial charge >= 0.3 is 6.18 Å². The van der Waals surface area contributed by atoms with Gasteiger partial charge in [-0.1, -0.05) is 18.2 Å². The molecule has 1 unspecified atom stereocenters. The number of aryl methyl sites for hydroxylation is 1. The Morgan fingerprint density at radius 1 is 1.35 bits per heavy atom. The molecule has 0 spiro atoms. The van der Waals surface area contributed by atoms with Crippen LogP contribution in [0.1, 0.15) is 12.0 Å². The van der Waals surface area contributed by atoms with Gasteiger partial charge in [0, 0.05) is 6.42 Å². The highest BCUT2D eigenvalue weighted by molar-refractivity contribution is 6.07. The maximum atomic E-state index is 13.9. The Hall–Kier alpha value is -2.31. The van der Waals surface area contributed by atoms with Crippen LogP contribution in [-0.2, 0) is 4.79 Å². The zero-order valence-corrected chi connectivity index (χ0v) is 12.5. The fourth-order valence-corrected chi connectivity index (χ4v) is 2.19. The van der Waals surface area contributed by atoms with Gasteiger partial charge in [-0.25, -0.2) is 4.39 Å². The van der Waals surface area contributed by atoms with Crippen LogP contribution in [0.4, 0.5) is 23.2 Å². The fourth-order valence-electron chi connectivity index (χ4n) is 2.19. The summed E-state index contributed by atoms with van der Waals surface area (Å²) in [7, 11) is 1.42. The van der Waals surface area contributed by atoms with Gasteiger partial charge in [-0.2, -0.15) is 13.2 Å². The number of methoxy groups -OCH3 is 1. The number of ether oxygens (including phenoxy) is 1. The maximum absolute atomic E-state index is 13.9. The Balaban J connectivity index is 2.18. The lowest BCUT2D eigenvalue weighted by molar-refractivity contribution is -0.162. The molecule has 1 aliphatic carbocycles. The van der Waals surface area contributed by atoms with E-state index in [2.05, 4.69) is 5.32 Å². The normalized spacial score (nSPS) is 18.1. The van der Waals surface area contributed by atoms with Crippen LogP contribution in [0.3, 0.4) is 0 Å². The molecule has 124 valence electrons. The second kappa shape index (κ2) is 6.44. The number of hydrogen-bond acceptors (Lipinski definition) is 2. The SMILES string of the molecule is COc1cc(C)ccc1NC(=O)C1=C(F)CC(C(F)(F)F)C=C1. The van der Waals surface area contributed by atoms with Crippen molar-refractivity contribution in [2.75, 3.05) is 12.4 Å². The predicted molar refractivity (Wildman–Crippen MR) is 77.8 cm³/mol. The van der Waals surface area contributed by atoms with E-state index in [0.717, 1.165) is 17.7 Å². The summed E-state index contributed by atoms with van der Waals surface area (Å²) in [4.78, 5) is 12.1. The number of hydrogen-bond donors (Lipinski definition) is 1. The lowest BCUT2D eigenvalue weighted by Gasteiger charge is -2.20. The molecule has 1 atom stereocenters. The molecule has 0 saturated carbocycles. The first-order valence-corrected chi connectivity index (χ1v) is 6.82. The Morgan fingerprint density at radius 3 is 2.61 bits per heavy atom. The van der Waals surface area contributed by atoms with Gasteiger partial charge < -0.3 is 10.1 Å². The number of anilines is 1. The molecule has 1 amide bonds. The quantitative estimate of drug-likeness (QED) is 0.840. The van der Waals surface area contributed by atoms with Gasteiger partial charge in [0.2, 0.25) is 0 Å². The van der Waals surface area contributed by atoms with Crippen molar-refractivity contribution >= 4 is 11.6 Å². The number of benzene rings is 1. The van der Waals surface area contributed by atoms with E-state index < -0.39 is 35.8 Å². The highest BCUT2D eigenvalue weighted by atomic mass is 19.4. The molecular formula is C16H15F4NO2. The van der Waals surface area contributed by atoms with E-state index in [4.69, 9.17) is 4.74 Å². The molecule has 0 saturated heterocycles. The van der Waals surface area contributed by atoms with E-state index in [1.165, 1.54) is 7.11 Å². The minimum absolute atomic E-state index is 0.315. The van der Waals surface area contributed by atoms with Gasteiger partial charge in [0.15, 0.2) is 0 Å². The summed E-state index contributed by atoms with van der Waals surface area (Å²) in [5, 5.41) is 2.45. The zero-order chi connectivity index (χ0) is 17.2. The van der Waals surface area contributed by atoms with E-state index in [1.807, 2.05) is 6.92 Å². The molecule has 2 rings (SSSR count).